The van der Waals surface area contributed by atoms with Crippen molar-refractivity contribution in [1.82, 2.24) is 9.78 Å². The Kier molecular flexibility index (Phi) is 4.29. The van der Waals surface area contributed by atoms with Crippen LogP contribution in [0.5, 0.6) is 0 Å². The van der Waals surface area contributed by atoms with E-state index in [0.29, 0.717) is 11.3 Å². The normalized spacial score (nSPS) is 11.4. The minimum Gasteiger partial charge on any atom is -0.409 e. The van der Waals surface area contributed by atoms with Gasteiger partial charge in [-0.15, -0.1) is 0 Å². The highest BCUT2D eigenvalue weighted by molar-refractivity contribution is 5.95. The largest absolute Gasteiger partial charge is 0.409 e. The molecule has 0 aliphatic heterocycles. The van der Waals surface area contributed by atoms with Gasteiger partial charge in [0.05, 0.1) is 5.69 Å². The molecule has 0 spiro atoms. The van der Waals surface area contributed by atoms with E-state index in [4.69, 9.17) is 5.21 Å². The maximum Gasteiger partial charge on any atom is 0.188 e. The first-order valence-electron chi connectivity index (χ1n) is 7.18. The van der Waals surface area contributed by atoms with E-state index in [0.717, 1.165) is 5.56 Å². The first-order chi connectivity index (χ1) is 11.3. The fourth-order valence-electron chi connectivity index (χ4n) is 2.27. The number of ketones is 1. The van der Waals surface area contributed by atoms with Crippen LogP contribution in [0.25, 0.3) is 11.3 Å². The third-order valence-corrected chi connectivity index (χ3v) is 3.44. The highest BCUT2D eigenvalue weighted by Crippen LogP contribution is 2.14. The summed E-state index contributed by atoms with van der Waals surface area (Å²) >= 11 is 0. The fraction of sp³-hybridized carbons (Fsp3) is 0.0556. The Morgan fingerprint density at radius 1 is 0.957 bits per heavy atom. The van der Waals surface area contributed by atoms with Gasteiger partial charge in [-0.3, -0.25) is 4.79 Å². The molecule has 3 aromatic rings. The molecule has 0 unspecified atom stereocenters. The number of rotatable bonds is 4. The van der Waals surface area contributed by atoms with Crippen LogP contribution >= 0.6 is 0 Å². The minimum atomic E-state index is -0.0989. The van der Waals surface area contributed by atoms with Crippen LogP contribution in [0.2, 0.25) is 0 Å². The fourth-order valence-corrected chi connectivity index (χ4v) is 2.27. The van der Waals surface area contributed by atoms with Crippen molar-refractivity contribution in [2.75, 3.05) is 0 Å². The van der Waals surface area contributed by atoms with Gasteiger partial charge in [-0.05, 0) is 12.1 Å². The molecule has 1 heterocycles. The van der Waals surface area contributed by atoms with E-state index in [1.54, 1.807) is 24.3 Å². The number of hydrogen-bond donors (Lipinski definition) is 1. The van der Waals surface area contributed by atoms with Gasteiger partial charge in [0.25, 0.3) is 0 Å². The number of nitrogens with zero attached hydrogens (tertiary/aromatic N) is 3. The summed E-state index contributed by atoms with van der Waals surface area (Å²) in [6.45, 7) is 0.00405. The Morgan fingerprint density at radius 2 is 1.61 bits per heavy atom. The Labute approximate surface area is 133 Å². The molecule has 5 nitrogen and oxygen atoms in total. The highest BCUT2D eigenvalue weighted by Gasteiger charge is 2.09. The third-order valence-electron chi connectivity index (χ3n) is 3.44. The number of aromatic nitrogens is 2. The second-order valence-corrected chi connectivity index (χ2v) is 4.99. The lowest BCUT2D eigenvalue weighted by atomic mass is 10.1. The summed E-state index contributed by atoms with van der Waals surface area (Å²) < 4.78 is 1.40. The van der Waals surface area contributed by atoms with E-state index in [-0.39, 0.29) is 17.8 Å². The maximum absolute atomic E-state index is 12.3. The van der Waals surface area contributed by atoms with Gasteiger partial charge in [-0.25, -0.2) is 4.68 Å². The molecule has 0 bridgehead atoms. The zero-order valence-electron chi connectivity index (χ0n) is 12.3. The zero-order valence-corrected chi connectivity index (χ0v) is 12.3. The van der Waals surface area contributed by atoms with E-state index < -0.39 is 0 Å². The molecular weight excluding hydrogens is 290 g/mol. The predicted octanol–water partition coefficient (Wildman–Crippen LogP) is 2.72. The SMILES string of the molecule is O=C(Cn1nc(-c2ccccc2)ccc1=NO)c1ccccc1. The molecule has 0 saturated carbocycles. The second kappa shape index (κ2) is 6.70. The lowest BCUT2D eigenvalue weighted by molar-refractivity contribution is 0.0964. The van der Waals surface area contributed by atoms with E-state index in [1.807, 2.05) is 48.5 Å². The van der Waals surface area contributed by atoms with Gasteiger partial charge in [0.2, 0.25) is 0 Å². The second-order valence-electron chi connectivity index (χ2n) is 4.99. The van der Waals surface area contributed by atoms with Gasteiger partial charge in [0, 0.05) is 11.1 Å². The van der Waals surface area contributed by atoms with Crippen LogP contribution in [0.1, 0.15) is 10.4 Å². The Hall–Kier alpha value is -3.21. The van der Waals surface area contributed by atoms with Gasteiger partial charge in [0.1, 0.15) is 6.54 Å². The highest BCUT2D eigenvalue weighted by atomic mass is 16.4. The zero-order chi connectivity index (χ0) is 16.1. The van der Waals surface area contributed by atoms with Crippen molar-refractivity contribution >= 4 is 5.78 Å². The monoisotopic (exact) mass is 305 g/mol. The van der Waals surface area contributed by atoms with Crippen LogP contribution in [0.3, 0.4) is 0 Å². The van der Waals surface area contributed by atoms with Crippen molar-refractivity contribution in [3.8, 4) is 11.3 Å². The predicted molar refractivity (Wildman–Crippen MR) is 85.8 cm³/mol. The molecule has 0 amide bonds. The van der Waals surface area contributed by atoms with E-state index >= 15 is 0 Å². The molecule has 0 aliphatic carbocycles. The molecule has 0 atom stereocenters. The quantitative estimate of drug-likeness (QED) is 0.458. The molecule has 1 aromatic heterocycles. The Bertz CT molecular complexity index is 872. The molecule has 2 aromatic carbocycles. The van der Waals surface area contributed by atoms with Crippen molar-refractivity contribution in [2.24, 2.45) is 5.16 Å². The standard InChI is InChI=1S/C18H15N3O2/c22-17(15-9-5-2-6-10-15)13-21-18(20-23)12-11-16(19-21)14-7-3-1-4-8-14/h1-12,23H,13H2. The van der Waals surface area contributed by atoms with E-state index in [1.165, 1.54) is 4.68 Å². The van der Waals surface area contributed by atoms with Crippen molar-refractivity contribution in [3.63, 3.8) is 0 Å². The summed E-state index contributed by atoms with van der Waals surface area (Å²) in [4.78, 5) is 12.3. The lowest BCUT2D eigenvalue weighted by Crippen LogP contribution is -2.27. The summed E-state index contributed by atoms with van der Waals surface area (Å²) in [7, 11) is 0. The van der Waals surface area contributed by atoms with Crippen LogP contribution in [0.15, 0.2) is 78.0 Å². The Morgan fingerprint density at radius 3 is 2.26 bits per heavy atom. The minimum absolute atomic E-state index is 0.00405. The molecule has 114 valence electrons. The number of carbonyl (C=O) groups excluding carboxylic acids is 1. The van der Waals surface area contributed by atoms with Crippen molar-refractivity contribution < 1.29 is 10.0 Å². The van der Waals surface area contributed by atoms with Gasteiger partial charge >= 0.3 is 0 Å². The van der Waals surface area contributed by atoms with Gasteiger partial charge in [-0.1, -0.05) is 65.8 Å². The molecular formula is C18H15N3O2. The molecule has 1 N–H and O–H groups in total. The molecule has 0 aliphatic rings. The summed E-state index contributed by atoms with van der Waals surface area (Å²) in [6.07, 6.45) is 0. The smallest absolute Gasteiger partial charge is 0.188 e. The summed E-state index contributed by atoms with van der Waals surface area (Å²) in [6, 6.07) is 22.0. The number of benzene rings is 2. The van der Waals surface area contributed by atoms with Gasteiger partial charge in [-0.2, -0.15) is 5.10 Å². The average Bonchev–Trinajstić information content (AvgIpc) is 2.63. The van der Waals surface area contributed by atoms with Crippen LogP contribution in [-0.4, -0.2) is 20.8 Å². The maximum atomic E-state index is 12.3. The molecule has 0 radical (unpaired) electrons. The van der Waals surface area contributed by atoms with Crippen molar-refractivity contribution in [3.05, 3.63) is 83.8 Å². The van der Waals surface area contributed by atoms with Crippen LogP contribution in [-0.2, 0) is 6.54 Å². The van der Waals surface area contributed by atoms with Crippen LogP contribution < -0.4 is 5.49 Å². The lowest BCUT2D eigenvalue weighted by Gasteiger charge is -2.08. The summed E-state index contributed by atoms with van der Waals surface area (Å²) in [5.74, 6) is -0.0989. The van der Waals surface area contributed by atoms with Crippen molar-refractivity contribution in [1.29, 1.82) is 0 Å². The first kappa shape index (κ1) is 14.7. The number of Topliss-reactive ketones (excluding diaryl/α,β-unsaturated/α-hetero) is 1. The third kappa shape index (κ3) is 3.35. The summed E-state index contributed by atoms with van der Waals surface area (Å²) in [5.41, 5.74) is 2.46. The van der Waals surface area contributed by atoms with E-state index in [9.17, 15) is 4.79 Å². The first-order valence-corrected chi connectivity index (χ1v) is 7.18. The van der Waals surface area contributed by atoms with Crippen molar-refractivity contribution in [2.45, 2.75) is 6.54 Å². The topological polar surface area (TPSA) is 67.5 Å². The molecule has 0 fully saturated rings. The molecule has 0 saturated heterocycles. The molecule has 23 heavy (non-hydrogen) atoms. The van der Waals surface area contributed by atoms with Crippen LogP contribution in [0, 0.1) is 0 Å². The molecule has 5 heteroatoms. The molecule has 3 rings (SSSR count). The Balaban J connectivity index is 1.96. The average molecular weight is 305 g/mol. The number of carbonyl (C=O) groups is 1. The number of hydrogen-bond acceptors (Lipinski definition) is 4. The summed E-state index contributed by atoms with van der Waals surface area (Å²) in [5, 5.41) is 16.7. The van der Waals surface area contributed by atoms with E-state index in [2.05, 4.69) is 10.3 Å². The van der Waals surface area contributed by atoms with Gasteiger partial charge in [0.15, 0.2) is 11.3 Å². The van der Waals surface area contributed by atoms with Gasteiger partial charge < -0.3 is 5.21 Å². The van der Waals surface area contributed by atoms with Crippen LogP contribution in [0.4, 0.5) is 0 Å².